The van der Waals surface area contributed by atoms with Crippen LogP contribution in [0.15, 0.2) is 24.5 Å². The third-order valence-electron chi connectivity index (χ3n) is 3.68. The van der Waals surface area contributed by atoms with Gasteiger partial charge in [0.15, 0.2) is 11.5 Å². The molecule has 0 spiro atoms. The van der Waals surface area contributed by atoms with E-state index < -0.39 is 0 Å². The molecule has 0 radical (unpaired) electrons. The number of nitrogens with one attached hydrogen (secondary N) is 2. The topological polar surface area (TPSA) is 72.1 Å². The standard InChI is InChI=1S/C15H20N4O2/c1-10(18-11(2)15-16-8-17-19-15)3-4-12-5-6-13-14(7-12)21-9-20-13/h5-8,10-11,18H,3-4,9H2,1-2H3,(H,16,17,19). The number of nitrogens with zero attached hydrogens (tertiary/aromatic N) is 2. The van der Waals surface area contributed by atoms with Crippen LogP contribution in [0.4, 0.5) is 0 Å². The molecule has 1 aromatic heterocycles. The van der Waals surface area contributed by atoms with E-state index in [1.165, 1.54) is 11.9 Å². The molecule has 0 aliphatic carbocycles. The Bertz CT molecular complexity index is 585. The second-order valence-corrected chi connectivity index (χ2v) is 5.39. The zero-order valence-electron chi connectivity index (χ0n) is 12.3. The minimum atomic E-state index is 0.166. The molecule has 2 unspecified atom stereocenters. The number of hydrogen-bond acceptors (Lipinski definition) is 5. The summed E-state index contributed by atoms with van der Waals surface area (Å²) in [4.78, 5) is 4.17. The van der Waals surface area contributed by atoms with Crippen molar-refractivity contribution in [3.8, 4) is 11.5 Å². The molecule has 3 rings (SSSR count). The lowest BCUT2D eigenvalue weighted by atomic mass is 10.0. The predicted molar refractivity (Wildman–Crippen MR) is 78.3 cm³/mol. The van der Waals surface area contributed by atoms with Gasteiger partial charge in [-0.2, -0.15) is 5.10 Å². The summed E-state index contributed by atoms with van der Waals surface area (Å²) in [5.74, 6) is 2.55. The van der Waals surface area contributed by atoms with Gasteiger partial charge in [-0.3, -0.25) is 5.10 Å². The lowest BCUT2D eigenvalue weighted by molar-refractivity contribution is 0.174. The second-order valence-electron chi connectivity index (χ2n) is 5.39. The van der Waals surface area contributed by atoms with Gasteiger partial charge in [-0.05, 0) is 44.4 Å². The highest BCUT2D eigenvalue weighted by Gasteiger charge is 2.15. The van der Waals surface area contributed by atoms with E-state index in [2.05, 4.69) is 46.5 Å². The molecule has 1 aliphatic heterocycles. The van der Waals surface area contributed by atoms with Crippen LogP contribution in [-0.4, -0.2) is 28.0 Å². The Kier molecular flexibility index (Phi) is 4.06. The van der Waals surface area contributed by atoms with E-state index in [0.717, 1.165) is 30.2 Å². The van der Waals surface area contributed by atoms with Crippen molar-refractivity contribution in [2.75, 3.05) is 6.79 Å². The van der Waals surface area contributed by atoms with Crippen LogP contribution >= 0.6 is 0 Å². The summed E-state index contributed by atoms with van der Waals surface area (Å²) in [6.45, 7) is 4.59. The molecule has 1 aromatic carbocycles. The third-order valence-corrected chi connectivity index (χ3v) is 3.68. The van der Waals surface area contributed by atoms with Gasteiger partial charge in [0.2, 0.25) is 6.79 Å². The van der Waals surface area contributed by atoms with Gasteiger partial charge < -0.3 is 14.8 Å². The van der Waals surface area contributed by atoms with Crippen LogP contribution in [-0.2, 0) is 6.42 Å². The zero-order valence-corrected chi connectivity index (χ0v) is 12.3. The summed E-state index contributed by atoms with van der Waals surface area (Å²) in [6, 6.07) is 6.69. The Morgan fingerprint density at radius 3 is 2.95 bits per heavy atom. The fourth-order valence-electron chi connectivity index (χ4n) is 2.49. The number of ether oxygens (including phenoxy) is 2. The first-order valence-corrected chi connectivity index (χ1v) is 7.22. The number of benzene rings is 1. The van der Waals surface area contributed by atoms with Gasteiger partial charge in [-0.25, -0.2) is 4.98 Å². The number of aromatic nitrogens is 3. The predicted octanol–water partition coefficient (Wildman–Crippen LogP) is 2.21. The monoisotopic (exact) mass is 288 g/mol. The van der Waals surface area contributed by atoms with Crippen LogP contribution in [0.2, 0.25) is 0 Å². The molecule has 2 aromatic rings. The van der Waals surface area contributed by atoms with E-state index in [0.29, 0.717) is 12.8 Å². The average Bonchev–Trinajstić information content (AvgIpc) is 3.15. The average molecular weight is 288 g/mol. The third kappa shape index (κ3) is 3.33. The molecular formula is C15H20N4O2. The normalized spacial score (nSPS) is 15.9. The van der Waals surface area contributed by atoms with Crippen molar-refractivity contribution >= 4 is 0 Å². The smallest absolute Gasteiger partial charge is 0.231 e. The lowest BCUT2D eigenvalue weighted by Crippen LogP contribution is -2.30. The Hall–Kier alpha value is -2.08. The fraction of sp³-hybridized carbons (Fsp3) is 0.467. The van der Waals surface area contributed by atoms with Crippen LogP contribution in [0.3, 0.4) is 0 Å². The molecule has 2 N–H and O–H groups in total. The van der Waals surface area contributed by atoms with Gasteiger partial charge in [0.1, 0.15) is 12.2 Å². The summed E-state index contributed by atoms with van der Waals surface area (Å²) < 4.78 is 10.7. The maximum absolute atomic E-state index is 5.40. The highest BCUT2D eigenvalue weighted by molar-refractivity contribution is 5.44. The highest BCUT2D eigenvalue weighted by Crippen LogP contribution is 2.32. The van der Waals surface area contributed by atoms with Crippen LogP contribution in [0.1, 0.15) is 37.7 Å². The van der Waals surface area contributed by atoms with Crippen molar-refractivity contribution in [1.29, 1.82) is 0 Å². The molecule has 6 nitrogen and oxygen atoms in total. The Morgan fingerprint density at radius 1 is 1.29 bits per heavy atom. The molecular weight excluding hydrogens is 268 g/mol. The Labute approximate surface area is 123 Å². The van der Waals surface area contributed by atoms with E-state index in [4.69, 9.17) is 9.47 Å². The molecule has 0 fully saturated rings. The first kappa shape index (κ1) is 13.9. The number of hydrogen-bond donors (Lipinski definition) is 2. The highest BCUT2D eigenvalue weighted by atomic mass is 16.7. The van der Waals surface area contributed by atoms with E-state index in [1.54, 1.807) is 0 Å². The maximum atomic E-state index is 5.40. The fourth-order valence-corrected chi connectivity index (χ4v) is 2.49. The molecule has 0 amide bonds. The van der Waals surface area contributed by atoms with Gasteiger partial charge >= 0.3 is 0 Å². The molecule has 0 saturated heterocycles. The molecule has 6 heteroatoms. The maximum Gasteiger partial charge on any atom is 0.231 e. The largest absolute Gasteiger partial charge is 0.454 e. The van der Waals surface area contributed by atoms with Crippen molar-refractivity contribution in [1.82, 2.24) is 20.5 Å². The number of H-pyrrole nitrogens is 1. The summed E-state index contributed by atoms with van der Waals surface area (Å²) in [7, 11) is 0. The number of fused-ring (bicyclic) bond motifs is 1. The Balaban J connectivity index is 1.50. The summed E-state index contributed by atoms with van der Waals surface area (Å²) in [6.07, 6.45) is 3.57. The van der Waals surface area contributed by atoms with Crippen molar-refractivity contribution in [2.24, 2.45) is 0 Å². The van der Waals surface area contributed by atoms with Crippen molar-refractivity contribution < 1.29 is 9.47 Å². The van der Waals surface area contributed by atoms with Crippen molar-refractivity contribution in [3.05, 3.63) is 35.9 Å². The molecule has 112 valence electrons. The van der Waals surface area contributed by atoms with Gasteiger partial charge in [-0.1, -0.05) is 6.07 Å². The minimum absolute atomic E-state index is 0.166. The first-order valence-electron chi connectivity index (χ1n) is 7.22. The molecule has 2 heterocycles. The van der Waals surface area contributed by atoms with E-state index in [1.807, 2.05) is 6.07 Å². The lowest BCUT2D eigenvalue weighted by Gasteiger charge is -2.18. The number of aromatic amines is 1. The van der Waals surface area contributed by atoms with Gasteiger partial charge in [0.05, 0.1) is 6.04 Å². The SMILES string of the molecule is CC(CCc1ccc2c(c1)OCO2)NC(C)c1ncn[nH]1. The van der Waals surface area contributed by atoms with Crippen LogP contribution < -0.4 is 14.8 Å². The zero-order chi connectivity index (χ0) is 14.7. The molecule has 0 saturated carbocycles. The molecule has 21 heavy (non-hydrogen) atoms. The molecule has 0 bridgehead atoms. The van der Waals surface area contributed by atoms with Crippen molar-refractivity contribution in [3.63, 3.8) is 0 Å². The number of rotatable bonds is 6. The molecule has 2 atom stereocenters. The summed E-state index contributed by atoms with van der Waals surface area (Å²) in [5, 5.41) is 10.3. The van der Waals surface area contributed by atoms with Gasteiger partial charge in [-0.15, -0.1) is 0 Å². The quantitative estimate of drug-likeness (QED) is 0.852. The minimum Gasteiger partial charge on any atom is -0.454 e. The molecule has 1 aliphatic rings. The van der Waals surface area contributed by atoms with E-state index in [9.17, 15) is 0 Å². The van der Waals surface area contributed by atoms with Gasteiger partial charge in [0.25, 0.3) is 0 Å². The van der Waals surface area contributed by atoms with E-state index >= 15 is 0 Å². The van der Waals surface area contributed by atoms with Crippen LogP contribution in [0, 0.1) is 0 Å². The van der Waals surface area contributed by atoms with E-state index in [-0.39, 0.29) is 6.04 Å². The Morgan fingerprint density at radius 2 is 2.14 bits per heavy atom. The number of aryl methyl sites for hydroxylation is 1. The van der Waals surface area contributed by atoms with Crippen molar-refractivity contribution in [2.45, 2.75) is 38.8 Å². The summed E-state index contributed by atoms with van der Waals surface area (Å²) >= 11 is 0. The summed E-state index contributed by atoms with van der Waals surface area (Å²) in [5.41, 5.74) is 1.26. The first-order chi connectivity index (χ1) is 10.2. The van der Waals surface area contributed by atoms with Gasteiger partial charge in [0, 0.05) is 6.04 Å². The van der Waals surface area contributed by atoms with Crippen LogP contribution in [0.25, 0.3) is 0 Å². The second kappa shape index (κ2) is 6.13. The van der Waals surface area contributed by atoms with Crippen LogP contribution in [0.5, 0.6) is 11.5 Å².